The second-order valence-corrected chi connectivity index (χ2v) is 6.41. The van der Waals surface area contributed by atoms with E-state index < -0.39 is 0 Å². The average Bonchev–Trinajstić information content (AvgIpc) is 2.45. The summed E-state index contributed by atoms with van der Waals surface area (Å²) in [5.41, 5.74) is 8.81. The van der Waals surface area contributed by atoms with Crippen molar-refractivity contribution in [3.8, 4) is 11.5 Å². The van der Waals surface area contributed by atoms with Crippen molar-refractivity contribution in [1.82, 2.24) is 0 Å². The molecular weight excluding hydrogens is 282 g/mol. The van der Waals surface area contributed by atoms with Crippen LogP contribution in [0.5, 0.6) is 11.5 Å². The Morgan fingerprint density at radius 2 is 1.76 bits per heavy atom. The van der Waals surface area contributed by atoms with E-state index in [1.807, 2.05) is 25.1 Å². The zero-order valence-corrected chi connectivity index (χ0v) is 13.8. The van der Waals surface area contributed by atoms with Gasteiger partial charge in [-0.3, -0.25) is 0 Å². The van der Waals surface area contributed by atoms with E-state index in [4.69, 9.17) is 22.1 Å². The van der Waals surface area contributed by atoms with Crippen LogP contribution in [-0.4, -0.2) is 0 Å². The first-order valence-corrected chi connectivity index (χ1v) is 7.55. The molecule has 0 aliphatic carbocycles. The fraction of sp³-hybridized carbons (Fsp3) is 0.333. The summed E-state index contributed by atoms with van der Waals surface area (Å²) < 4.78 is 5.91. The molecule has 0 unspecified atom stereocenters. The van der Waals surface area contributed by atoms with Gasteiger partial charge in [0, 0.05) is 6.07 Å². The lowest BCUT2D eigenvalue weighted by atomic mass is 9.82. The number of nitrogen functional groups attached to an aromatic ring is 1. The van der Waals surface area contributed by atoms with Gasteiger partial charge in [-0.1, -0.05) is 44.5 Å². The van der Waals surface area contributed by atoms with Gasteiger partial charge in [-0.15, -0.1) is 0 Å². The monoisotopic (exact) mass is 303 g/mol. The number of hydrogen-bond acceptors (Lipinski definition) is 2. The summed E-state index contributed by atoms with van der Waals surface area (Å²) in [6.07, 6.45) is 1.10. The molecule has 2 aromatic rings. The molecule has 0 fully saturated rings. The predicted octanol–water partition coefficient (Wildman–Crippen LogP) is 5.71. The fourth-order valence-corrected chi connectivity index (χ4v) is 2.25. The van der Waals surface area contributed by atoms with E-state index in [9.17, 15) is 0 Å². The lowest BCUT2D eigenvalue weighted by Gasteiger charge is -2.23. The van der Waals surface area contributed by atoms with Crippen molar-refractivity contribution in [3.63, 3.8) is 0 Å². The SMILES string of the molecule is CCC(C)(C)c1ccc(Oc2cc(Cl)c(N)cc2C)cc1. The molecule has 0 spiro atoms. The fourth-order valence-electron chi connectivity index (χ4n) is 2.10. The van der Waals surface area contributed by atoms with Crippen LogP contribution < -0.4 is 10.5 Å². The van der Waals surface area contributed by atoms with Gasteiger partial charge in [-0.25, -0.2) is 0 Å². The van der Waals surface area contributed by atoms with Crippen LogP contribution in [-0.2, 0) is 5.41 Å². The molecule has 21 heavy (non-hydrogen) atoms. The number of rotatable bonds is 4. The molecule has 0 atom stereocenters. The first kappa shape index (κ1) is 15.7. The molecule has 0 aliphatic rings. The second kappa shape index (κ2) is 5.98. The zero-order chi connectivity index (χ0) is 15.6. The van der Waals surface area contributed by atoms with E-state index >= 15 is 0 Å². The summed E-state index contributed by atoms with van der Waals surface area (Å²) in [5, 5.41) is 0.513. The van der Waals surface area contributed by atoms with E-state index in [1.54, 1.807) is 6.07 Å². The number of nitrogens with two attached hydrogens (primary N) is 1. The molecule has 0 amide bonds. The van der Waals surface area contributed by atoms with Gasteiger partial charge in [0.1, 0.15) is 11.5 Å². The maximum absolute atomic E-state index is 6.05. The van der Waals surface area contributed by atoms with Gasteiger partial charge in [0.05, 0.1) is 10.7 Å². The highest BCUT2D eigenvalue weighted by Crippen LogP contribution is 2.33. The number of hydrogen-bond donors (Lipinski definition) is 1. The molecule has 3 heteroatoms. The molecule has 0 radical (unpaired) electrons. The number of ether oxygens (including phenoxy) is 1. The molecular formula is C18H22ClNO. The van der Waals surface area contributed by atoms with E-state index in [0.29, 0.717) is 10.7 Å². The summed E-state index contributed by atoms with van der Waals surface area (Å²) in [6.45, 7) is 8.64. The molecule has 2 aromatic carbocycles. The predicted molar refractivity (Wildman–Crippen MR) is 90.4 cm³/mol. The Bertz CT molecular complexity index is 632. The van der Waals surface area contributed by atoms with Gasteiger partial charge in [0.25, 0.3) is 0 Å². The summed E-state index contributed by atoms with van der Waals surface area (Å²) in [4.78, 5) is 0. The zero-order valence-electron chi connectivity index (χ0n) is 13.0. The maximum atomic E-state index is 6.05. The van der Waals surface area contributed by atoms with Gasteiger partial charge in [0.2, 0.25) is 0 Å². The number of anilines is 1. The van der Waals surface area contributed by atoms with Crippen LogP contribution in [0.2, 0.25) is 5.02 Å². The van der Waals surface area contributed by atoms with Crippen molar-refractivity contribution in [2.45, 2.75) is 39.5 Å². The quantitative estimate of drug-likeness (QED) is 0.734. The van der Waals surface area contributed by atoms with Crippen LogP contribution in [0.15, 0.2) is 36.4 Å². The smallest absolute Gasteiger partial charge is 0.131 e. The third-order valence-corrected chi connectivity index (χ3v) is 4.37. The van der Waals surface area contributed by atoms with Crippen molar-refractivity contribution < 1.29 is 4.74 Å². The Morgan fingerprint density at radius 3 is 2.33 bits per heavy atom. The normalized spacial score (nSPS) is 11.5. The molecule has 0 heterocycles. The van der Waals surface area contributed by atoms with Crippen LogP contribution in [0, 0.1) is 6.92 Å². The summed E-state index contributed by atoms with van der Waals surface area (Å²) in [7, 11) is 0. The number of aryl methyl sites for hydroxylation is 1. The maximum Gasteiger partial charge on any atom is 0.131 e. The average molecular weight is 304 g/mol. The Morgan fingerprint density at radius 1 is 1.14 bits per heavy atom. The van der Waals surface area contributed by atoms with Crippen molar-refractivity contribution in [2.24, 2.45) is 0 Å². The van der Waals surface area contributed by atoms with Crippen LogP contribution in [0.4, 0.5) is 5.69 Å². The minimum atomic E-state index is 0.180. The number of benzene rings is 2. The Balaban J connectivity index is 2.23. The summed E-state index contributed by atoms with van der Waals surface area (Å²) in [5.74, 6) is 1.53. The van der Waals surface area contributed by atoms with E-state index in [2.05, 4.69) is 32.9 Å². The van der Waals surface area contributed by atoms with Gasteiger partial charge in [-0.05, 0) is 48.1 Å². The first-order chi connectivity index (χ1) is 9.83. The summed E-state index contributed by atoms with van der Waals surface area (Å²) >= 11 is 6.05. The Labute approximate surface area is 131 Å². The van der Waals surface area contributed by atoms with E-state index in [-0.39, 0.29) is 5.41 Å². The molecule has 0 aromatic heterocycles. The van der Waals surface area contributed by atoms with Crippen LogP contribution in [0.1, 0.15) is 38.3 Å². The van der Waals surface area contributed by atoms with Crippen LogP contribution >= 0.6 is 11.6 Å². The van der Waals surface area contributed by atoms with Gasteiger partial charge >= 0.3 is 0 Å². The lowest BCUT2D eigenvalue weighted by Crippen LogP contribution is -2.14. The van der Waals surface area contributed by atoms with Crippen LogP contribution in [0.3, 0.4) is 0 Å². The minimum absolute atomic E-state index is 0.180. The Hall–Kier alpha value is -1.67. The van der Waals surface area contributed by atoms with Gasteiger partial charge < -0.3 is 10.5 Å². The summed E-state index contributed by atoms with van der Waals surface area (Å²) in [6, 6.07) is 11.8. The van der Waals surface area contributed by atoms with Crippen molar-refractivity contribution in [2.75, 3.05) is 5.73 Å². The first-order valence-electron chi connectivity index (χ1n) is 7.17. The van der Waals surface area contributed by atoms with Crippen LogP contribution in [0.25, 0.3) is 0 Å². The van der Waals surface area contributed by atoms with Crippen molar-refractivity contribution >= 4 is 17.3 Å². The molecule has 0 bridgehead atoms. The highest BCUT2D eigenvalue weighted by atomic mass is 35.5. The standard InChI is InChI=1S/C18H22ClNO/c1-5-18(3,4)13-6-8-14(9-7-13)21-17-11-15(19)16(20)10-12(17)2/h6-11H,5,20H2,1-4H3. The van der Waals surface area contributed by atoms with Crippen molar-refractivity contribution in [1.29, 1.82) is 0 Å². The third-order valence-electron chi connectivity index (χ3n) is 4.04. The second-order valence-electron chi connectivity index (χ2n) is 6.00. The highest BCUT2D eigenvalue weighted by Gasteiger charge is 2.17. The van der Waals surface area contributed by atoms with Gasteiger partial charge in [-0.2, -0.15) is 0 Å². The lowest BCUT2D eigenvalue weighted by molar-refractivity contribution is 0.475. The molecule has 2 rings (SSSR count). The topological polar surface area (TPSA) is 35.2 Å². The highest BCUT2D eigenvalue weighted by molar-refractivity contribution is 6.33. The van der Waals surface area contributed by atoms with E-state index in [1.165, 1.54) is 5.56 Å². The molecule has 0 aliphatic heterocycles. The van der Waals surface area contributed by atoms with Gasteiger partial charge in [0.15, 0.2) is 0 Å². The number of halogens is 1. The molecule has 0 saturated carbocycles. The third kappa shape index (κ3) is 3.51. The largest absolute Gasteiger partial charge is 0.457 e. The molecule has 112 valence electrons. The molecule has 0 saturated heterocycles. The van der Waals surface area contributed by atoms with E-state index in [0.717, 1.165) is 23.5 Å². The minimum Gasteiger partial charge on any atom is -0.457 e. The Kier molecular flexibility index (Phi) is 4.48. The molecule has 2 N–H and O–H groups in total. The molecule has 2 nitrogen and oxygen atoms in total. The van der Waals surface area contributed by atoms with Crippen molar-refractivity contribution in [3.05, 3.63) is 52.5 Å².